The predicted molar refractivity (Wildman–Crippen MR) is 111 cm³/mol. The summed E-state index contributed by atoms with van der Waals surface area (Å²) >= 11 is 0. The van der Waals surface area contributed by atoms with Gasteiger partial charge in [0.05, 0.1) is 6.07 Å². The minimum Gasteiger partial charge on any atom is -0.397 e. The third kappa shape index (κ3) is 309. The highest BCUT2D eigenvalue weighted by Crippen LogP contribution is 1.98. The quantitative estimate of drug-likeness (QED) is 0.669. The van der Waals surface area contributed by atoms with Gasteiger partial charge in [-0.15, -0.1) is 0 Å². The van der Waals surface area contributed by atoms with Gasteiger partial charge in [-0.2, -0.15) is 5.26 Å². The monoisotopic (exact) mass is 380 g/mol. The Hall–Kier alpha value is -1.00. The summed E-state index contributed by atoms with van der Waals surface area (Å²) in [6, 6.07) is 1.75. The number of hydrogen-bond donors (Lipinski definition) is 3. The van der Waals surface area contributed by atoms with Crippen LogP contribution in [0.4, 0.5) is 0 Å². The SMILES string of the molecule is C1CCOC1.CC#N.CC(C)=O.CC(C)O.CCCCO.CCO.[CH2]C. The van der Waals surface area contributed by atoms with Gasteiger partial charge in [-0.1, -0.05) is 27.2 Å². The molecule has 161 valence electrons. The fourth-order valence-corrected chi connectivity index (χ4v) is 0.668. The number of ether oxygens (including phenoxy) is 1. The zero-order chi connectivity index (χ0) is 22.2. The highest BCUT2D eigenvalue weighted by atomic mass is 16.5. The normalized spacial score (nSPS) is 9.85. The summed E-state index contributed by atoms with van der Waals surface area (Å²) in [6.07, 6.45) is 4.43. The number of aliphatic hydroxyl groups is 3. The van der Waals surface area contributed by atoms with Crippen LogP contribution in [0.15, 0.2) is 0 Å². The van der Waals surface area contributed by atoms with Crippen LogP contribution in [0.25, 0.3) is 0 Å². The Bertz CT molecular complexity index is 208. The van der Waals surface area contributed by atoms with Gasteiger partial charge < -0.3 is 24.9 Å². The lowest BCUT2D eigenvalue weighted by Crippen LogP contribution is -1.85. The van der Waals surface area contributed by atoms with Crippen molar-refractivity contribution in [1.82, 2.24) is 0 Å². The van der Waals surface area contributed by atoms with E-state index in [0.717, 1.165) is 26.1 Å². The molecule has 0 aliphatic carbocycles. The van der Waals surface area contributed by atoms with Crippen LogP contribution in [0.2, 0.25) is 0 Å². The van der Waals surface area contributed by atoms with Crippen LogP contribution >= 0.6 is 0 Å². The van der Waals surface area contributed by atoms with Crippen LogP contribution < -0.4 is 0 Å². The molecule has 6 nitrogen and oxygen atoms in total. The molecule has 1 heterocycles. The maximum atomic E-state index is 9.44. The summed E-state index contributed by atoms with van der Waals surface area (Å²) in [6.45, 7) is 19.3. The zero-order valence-electron chi connectivity index (χ0n) is 18.5. The maximum Gasteiger partial charge on any atom is 0.126 e. The zero-order valence-corrected chi connectivity index (χ0v) is 18.5. The molecule has 1 aliphatic rings. The minimum absolute atomic E-state index is 0.167. The number of hydrogen-bond acceptors (Lipinski definition) is 6. The van der Waals surface area contributed by atoms with Crippen LogP contribution in [-0.2, 0) is 9.53 Å². The number of carbonyl (C=O) groups is 1. The predicted octanol–water partition coefficient (Wildman–Crippen LogP) is 3.93. The number of unbranched alkanes of at least 4 members (excludes halogenated alkanes) is 1. The van der Waals surface area contributed by atoms with Gasteiger partial charge in [-0.05, 0) is 53.9 Å². The number of aliphatic hydroxyl groups excluding tert-OH is 3. The molecule has 26 heavy (non-hydrogen) atoms. The summed E-state index contributed by atoms with van der Waals surface area (Å²) < 4.78 is 4.94. The molecule has 1 saturated heterocycles. The van der Waals surface area contributed by atoms with Crippen molar-refractivity contribution in [1.29, 1.82) is 5.26 Å². The van der Waals surface area contributed by atoms with Gasteiger partial charge in [-0.25, -0.2) is 0 Å². The molecule has 0 bridgehead atoms. The average Bonchev–Trinajstić information content (AvgIpc) is 3.10. The minimum atomic E-state index is -0.167. The van der Waals surface area contributed by atoms with E-state index < -0.39 is 0 Å². The number of nitriles is 1. The summed E-state index contributed by atoms with van der Waals surface area (Å²) in [4.78, 5) is 9.44. The van der Waals surface area contributed by atoms with Crippen molar-refractivity contribution in [2.45, 2.75) is 87.2 Å². The molecule has 0 aromatic rings. The van der Waals surface area contributed by atoms with Crippen LogP contribution in [0.5, 0.6) is 0 Å². The molecule has 3 N–H and O–H groups in total. The number of carbonyl (C=O) groups excluding carboxylic acids is 1. The second-order valence-corrected chi connectivity index (χ2v) is 4.94. The Morgan fingerprint density at radius 1 is 1.15 bits per heavy atom. The van der Waals surface area contributed by atoms with E-state index in [9.17, 15) is 4.79 Å². The molecule has 6 heteroatoms. The highest BCUT2D eigenvalue weighted by Gasteiger charge is 1.94. The Balaban J connectivity index is -0.0000000458. The number of Topliss-reactive ketones (excluding diaryl/α,β-unsaturated/α-hetero) is 1. The summed E-state index contributed by atoms with van der Waals surface area (Å²) in [5, 5.41) is 31.0. The molecule has 0 spiro atoms. The van der Waals surface area contributed by atoms with Crippen molar-refractivity contribution in [2.75, 3.05) is 26.4 Å². The lowest BCUT2D eigenvalue weighted by Gasteiger charge is -1.80. The lowest BCUT2D eigenvalue weighted by atomic mass is 10.4. The van der Waals surface area contributed by atoms with Crippen LogP contribution in [0, 0.1) is 18.3 Å². The second kappa shape index (κ2) is 56.4. The Labute approximate surface area is 163 Å². The van der Waals surface area contributed by atoms with Gasteiger partial charge in [-0.3, -0.25) is 0 Å². The topological polar surface area (TPSA) is 111 Å². The molecular formula is C20H46NO5. The molecule has 0 saturated carbocycles. The Morgan fingerprint density at radius 3 is 1.42 bits per heavy atom. The third-order valence-corrected chi connectivity index (χ3v) is 1.34. The molecule has 1 aliphatic heterocycles. The molecule has 0 unspecified atom stereocenters. The lowest BCUT2D eigenvalue weighted by molar-refractivity contribution is -0.115. The Kier molecular flexibility index (Phi) is 86.6. The van der Waals surface area contributed by atoms with Crippen LogP contribution in [-0.4, -0.2) is 53.6 Å². The smallest absolute Gasteiger partial charge is 0.126 e. The van der Waals surface area contributed by atoms with Crippen molar-refractivity contribution in [2.24, 2.45) is 0 Å². The highest BCUT2D eigenvalue weighted by molar-refractivity contribution is 5.72. The standard InChI is InChI=1S/C4H8O.C4H10O.C3H8O.C3H6O.C2H3N.C2H6O.C2H5/c1-2-4-5-3-1;1-2-3-4-5;2*1-3(2)4;2*1-2-3;1-2/h1-4H2;5H,2-4H2,1H3;3-4H,1-2H3;1-2H3;1H3;3H,2H2,1H3;1H2,2H3. The molecule has 0 atom stereocenters. The molecule has 1 fully saturated rings. The first-order chi connectivity index (χ1) is 12.2. The number of rotatable bonds is 2. The van der Waals surface area contributed by atoms with E-state index in [0.29, 0.717) is 6.61 Å². The third-order valence-electron chi connectivity index (χ3n) is 1.34. The van der Waals surface area contributed by atoms with E-state index in [1.807, 2.05) is 0 Å². The fourth-order valence-electron chi connectivity index (χ4n) is 0.668. The maximum absolute atomic E-state index is 9.44. The van der Waals surface area contributed by atoms with Crippen molar-refractivity contribution >= 4 is 5.78 Å². The van der Waals surface area contributed by atoms with E-state index >= 15 is 0 Å². The molecule has 0 amide bonds. The van der Waals surface area contributed by atoms with Gasteiger partial charge in [0.2, 0.25) is 0 Å². The van der Waals surface area contributed by atoms with Gasteiger partial charge in [0.15, 0.2) is 0 Å². The van der Waals surface area contributed by atoms with Gasteiger partial charge in [0, 0.05) is 39.5 Å². The number of ketones is 1. The first-order valence-corrected chi connectivity index (χ1v) is 9.17. The van der Waals surface area contributed by atoms with Gasteiger partial charge in [0.1, 0.15) is 5.78 Å². The van der Waals surface area contributed by atoms with E-state index in [2.05, 4.69) is 13.8 Å². The van der Waals surface area contributed by atoms with Gasteiger partial charge in [0.25, 0.3) is 0 Å². The molecule has 1 radical (unpaired) electrons. The number of nitrogens with zero attached hydrogens (tertiary/aromatic N) is 1. The first-order valence-electron chi connectivity index (χ1n) is 9.17. The van der Waals surface area contributed by atoms with Crippen LogP contribution in [0.1, 0.15) is 81.1 Å². The summed E-state index contributed by atoms with van der Waals surface area (Å²) in [7, 11) is 0. The summed E-state index contributed by atoms with van der Waals surface area (Å²) in [5.74, 6) is 0.167. The first kappa shape index (κ1) is 39.9. The van der Waals surface area contributed by atoms with Crippen molar-refractivity contribution in [3.63, 3.8) is 0 Å². The second-order valence-electron chi connectivity index (χ2n) is 4.94. The average molecular weight is 381 g/mol. The van der Waals surface area contributed by atoms with E-state index in [1.54, 1.807) is 33.8 Å². The molecule has 0 aromatic heterocycles. The fraction of sp³-hybridized carbons (Fsp3) is 0.850. The van der Waals surface area contributed by atoms with Crippen molar-refractivity contribution < 1.29 is 24.9 Å². The molecule has 0 aromatic carbocycles. The Morgan fingerprint density at radius 2 is 1.38 bits per heavy atom. The van der Waals surface area contributed by atoms with Crippen molar-refractivity contribution in [3.8, 4) is 6.07 Å². The molecular weight excluding hydrogens is 334 g/mol. The van der Waals surface area contributed by atoms with E-state index in [4.69, 9.17) is 25.3 Å². The van der Waals surface area contributed by atoms with Gasteiger partial charge >= 0.3 is 0 Å². The van der Waals surface area contributed by atoms with E-state index in [1.165, 1.54) is 33.6 Å². The largest absolute Gasteiger partial charge is 0.397 e. The van der Waals surface area contributed by atoms with Crippen molar-refractivity contribution in [3.05, 3.63) is 6.92 Å². The van der Waals surface area contributed by atoms with Crippen LogP contribution in [0.3, 0.4) is 0 Å². The molecule has 1 rings (SSSR count). The summed E-state index contributed by atoms with van der Waals surface area (Å²) in [5.41, 5.74) is 0. The van der Waals surface area contributed by atoms with E-state index in [-0.39, 0.29) is 18.5 Å².